The van der Waals surface area contributed by atoms with Crippen molar-refractivity contribution in [2.75, 3.05) is 5.32 Å². The van der Waals surface area contributed by atoms with Gasteiger partial charge in [0.1, 0.15) is 11.6 Å². The molecule has 0 unspecified atom stereocenters. The van der Waals surface area contributed by atoms with Gasteiger partial charge >= 0.3 is 5.97 Å². The molecule has 3 aromatic rings. The fourth-order valence-electron chi connectivity index (χ4n) is 4.04. The number of aromatic nitrogens is 4. The molecule has 0 saturated carbocycles. The van der Waals surface area contributed by atoms with Crippen LogP contribution in [0.2, 0.25) is 0 Å². The topological polar surface area (TPSA) is 133 Å². The first-order valence-corrected chi connectivity index (χ1v) is 12.5. The standard InChI is InChI=1S/C28H36FN5O4/c1-16(2)25-22(12-11-20(35)14-21(36)15-24(37)38)26(18-7-9-19(29)10-8-18)32-27(31-25)30-23-13-17(3)33-34(23)28(4,5)6/h7-13,16,20-21,35-36H,14-15H2,1-6H3,(H,37,38)(H,30,31,32)/b12-11+/t20-,21-/m1/s1. The number of benzene rings is 1. The van der Waals surface area contributed by atoms with E-state index in [1.54, 1.807) is 18.2 Å². The lowest BCUT2D eigenvalue weighted by molar-refractivity contribution is -0.139. The minimum absolute atomic E-state index is 0.0404. The Bertz CT molecular complexity index is 1300. The fraction of sp³-hybridized carbons (Fsp3) is 0.429. The summed E-state index contributed by atoms with van der Waals surface area (Å²) in [6.45, 7) is 12.0. The van der Waals surface area contributed by atoms with Gasteiger partial charge in [0.05, 0.1) is 41.2 Å². The van der Waals surface area contributed by atoms with Crippen LogP contribution in [0.3, 0.4) is 0 Å². The van der Waals surface area contributed by atoms with Crippen LogP contribution in [0.4, 0.5) is 16.2 Å². The predicted molar refractivity (Wildman–Crippen MR) is 145 cm³/mol. The van der Waals surface area contributed by atoms with Crippen molar-refractivity contribution in [1.82, 2.24) is 19.7 Å². The van der Waals surface area contributed by atoms with Gasteiger partial charge in [0, 0.05) is 23.6 Å². The van der Waals surface area contributed by atoms with E-state index in [9.17, 15) is 19.4 Å². The molecule has 9 nitrogen and oxygen atoms in total. The first-order chi connectivity index (χ1) is 17.7. The monoisotopic (exact) mass is 525 g/mol. The molecule has 0 saturated heterocycles. The average molecular weight is 526 g/mol. The van der Waals surface area contributed by atoms with Crippen LogP contribution in [0.15, 0.2) is 36.4 Å². The third-order valence-electron chi connectivity index (χ3n) is 5.76. The molecule has 0 amide bonds. The molecular formula is C28H36FN5O4. The van der Waals surface area contributed by atoms with Crippen LogP contribution >= 0.6 is 0 Å². The second-order valence-corrected chi connectivity index (χ2v) is 10.6. The summed E-state index contributed by atoms with van der Waals surface area (Å²) in [4.78, 5) is 20.4. The molecule has 0 aliphatic carbocycles. The lowest BCUT2D eigenvalue weighted by atomic mass is 9.97. The first kappa shape index (κ1) is 28.9. The number of aryl methyl sites for hydroxylation is 1. The summed E-state index contributed by atoms with van der Waals surface area (Å²) in [5, 5.41) is 37.1. The van der Waals surface area contributed by atoms with E-state index in [4.69, 9.17) is 15.1 Å². The number of carbonyl (C=O) groups is 1. The Kier molecular flexibility index (Phi) is 9.01. The molecule has 0 spiro atoms. The maximum atomic E-state index is 13.7. The molecule has 10 heteroatoms. The molecule has 1 aromatic carbocycles. The van der Waals surface area contributed by atoms with E-state index < -0.39 is 24.6 Å². The highest BCUT2D eigenvalue weighted by atomic mass is 19.1. The van der Waals surface area contributed by atoms with Crippen molar-refractivity contribution in [2.45, 2.75) is 78.0 Å². The van der Waals surface area contributed by atoms with Crippen LogP contribution in [0.1, 0.15) is 70.3 Å². The highest BCUT2D eigenvalue weighted by Gasteiger charge is 2.22. The normalized spacial score (nSPS) is 13.7. The minimum Gasteiger partial charge on any atom is -0.481 e. The molecule has 0 fully saturated rings. The van der Waals surface area contributed by atoms with Crippen LogP contribution in [-0.4, -0.2) is 53.2 Å². The number of halogens is 1. The molecule has 204 valence electrons. The van der Waals surface area contributed by atoms with Crippen molar-refractivity contribution in [1.29, 1.82) is 0 Å². The molecule has 2 atom stereocenters. The van der Waals surface area contributed by atoms with Crippen LogP contribution in [0, 0.1) is 12.7 Å². The number of rotatable bonds is 10. The van der Waals surface area contributed by atoms with Gasteiger partial charge < -0.3 is 20.6 Å². The van der Waals surface area contributed by atoms with Crippen molar-refractivity contribution in [3.05, 3.63) is 59.2 Å². The molecule has 4 N–H and O–H groups in total. The quantitative estimate of drug-likeness (QED) is 0.290. The maximum Gasteiger partial charge on any atom is 0.305 e. The Morgan fingerprint density at radius 3 is 2.39 bits per heavy atom. The predicted octanol–water partition coefficient (Wildman–Crippen LogP) is 5.01. The SMILES string of the molecule is Cc1cc(Nc2nc(-c3ccc(F)cc3)c(/C=C/[C@@H](O)C[C@@H](O)CC(=O)O)c(C(C)C)n2)n(C(C)(C)C)n1. The van der Waals surface area contributed by atoms with E-state index in [2.05, 4.69) is 10.4 Å². The van der Waals surface area contributed by atoms with Gasteiger partial charge in [-0.05, 0) is 57.9 Å². The van der Waals surface area contributed by atoms with Gasteiger partial charge in [0.15, 0.2) is 0 Å². The van der Waals surface area contributed by atoms with Gasteiger partial charge in [-0.15, -0.1) is 0 Å². The molecular weight excluding hydrogens is 489 g/mol. The van der Waals surface area contributed by atoms with Crippen molar-refractivity contribution in [2.24, 2.45) is 0 Å². The van der Waals surface area contributed by atoms with Crippen molar-refractivity contribution >= 4 is 23.8 Å². The number of carboxylic acid groups (broad SMARTS) is 1. The third-order valence-corrected chi connectivity index (χ3v) is 5.76. The number of hydrogen-bond acceptors (Lipinski definition) is 7. The molecule has 0 radical (unpaired) electrons. The zero-order valence-electron chi connectivity index (χ0n) is 22.6. The number of carboxylic acids is 1. The number of hydrogen-bond donors (Lipinski definition) is 4. The average Bonchev–Trinajstić information content (AvgIpc) is 3.18. The summed E-state index contributed by atoms with van der Waals surface area (Å²) in [6, 6.07) is 7.86. The lowest BCUT2D eigenvalue weighted by Gasteiger charge is -2.23. The van der Waals surface area contributed by atoms with Gasteiger partial charge in [0.2, 0.25) is 5.95 Å². The van der Waals surface area contributed by atoms with Crippen molar-refractivity contribution in [3.63, 3.8) is 0 Å². The van der Waals surface area contributed by atoms with Gasteiger partial charge in [-0.3, -0.25) is 4.79 Å². The van der Waals surface area contributed by atoms with E-state index >= 15 is 0 Å². The third kappa shape index (κ3) is 7.45. The maximum absolute atomic E-state index is 13.7. The number of aliphatic hydroxyl groups excluding tert-OH is 2. The summed E-state index contributed by atoms with van der Waals surface area (Å²) in [5.74, 6) is -0.501. The fourth-order valence-corrected chi connectivity index (χ4v) is 4.04. The number of nitrogens with zero attached hydrogens (tertiary/aromatic N) is 4. The Balaban J connectivity index is 2.09. The van der Waals surface area contributed by atoms with E-state index in [1.807, 2.05) is 52.3 Å². The van der Waals surface area contributed by atoms with E-state index in [1.165, 1.54) is 18.2 Å². The summed E-state index contributed by atoms with van der Waals surface area (Å²) >= 11 is 0. The molecule has 0 aliphatic heterocycles. The van der Waals surface area contributed by atoms with E-state index in [0.717, 1.165) is 11.5 Å². The Hall–Kier alpha value is -3.63. The second-order valence-electron chi connectivity index (χ2n) is 10.6. The Morgan fingerprint density at radius 1 is 1.16 bits per heavy atom. The zero-order valence-corrected chi connectivity index (χ0v) is 22.6. The van der Waals surface area contributed by atoms with Crippen LogP contribution in [0.25, 0.3) is 17.3 Å². The van der Waals surface area contributed by atoms with Gasteiger partial charge in [0.25, 0.3) is 0 Å². The van der Waals surface area contributed by atoms with Gasteiger partial charge in [-0.25, -0.2) is 19.0 Å². The van der Waals surface area contributed by atoms with Crippen molar-refractivity contribution < 1.29 is 24.5 Å². The smallest absolute Gasteiger partial charge is 0.305 e. The molecule has 3 rings (SSSR count). The van der Waals surface area contributed by atoms with Crippen LogP contribution in [0.5, 0.6) is 0 Å². The summed E-state index contributed by atoms with van der Waals surface area (Å²) in [7, 11) is 0. The minimum atomic E-state index is -1.19. The number of aliphatic hydroxyl groups is 2. The summed E-state index contributed by atoms with van der Waals surface area (Å²) in [6.07, 6.45) is 0.270. The van der Waals surface area contributed by atoms with Gasteiger partial charge in [-0.2, -0.15) is 5.10 Å². The Labute approximate surface area is 222 Å². The highest BCUT2D eigenvalue weighted by Crippen LogP contribution is 2.32. The van der Waals surface area contributed by atoms with Crippen LogP contribution in [-0.2, 0) is 10.3 Å². The second kappa shape index (κ2) is 11.8. The number of aliphatic carboxylic acids is 1. The number of anilines is 2. The molecule has 38 heavy (non-hydrogen) atoms. The molecule has 2 aromatic heterocycles. The number of nitrogens with one attached hydrogen (secondary N) is 1. The van der Waals surface area contributed by atoms with Crippen molar-refractivity contribution in [3.8, 4) is 11.3 Å². The lowest BCUT2D eigenvalue weighted by Crippen LogP contribution is -2.25. The molecule has 2 heterocycles. The summed E-state index contributed by atoms with van der Waals surface area (Å²) < 4.78 is 15.6. The summed E-state index contributed by atoms with van der Waals surface area (Å²) in [5.41, 5.74) is 3.04. The van der Waals surface area contributed by atoms with Crippen LogP contribution < -0.4 is 5.32 Å². The molecule has 0 bridgehead atoms. The zero-order chi connectivity index (χ0) is 28.2. The highest BCUT2D eigenvalue weighted by molar-refractivity contribution is 5.75. The largest absolute Gasteiger partial charge is 0.481 e. The first-order valence-electron chi connectivity index (χ1n) is 12.5. The van der Waals surface area contributed by atoms with E-state index in [0.29, 0.717) is 28.5 Å². The van der Waals surface area contributed by atoms with E-state index in [-0.39, 0.29) is 23.7 Å². The van der Waals surface area contributed by atoms with Gasteiger partial charge in [-0.1, -0.05) is 26.0 Å². The molecule has 0 aliphatic rings. The Morgan fingerprint density at radius 2 is 1.82 bits per heavy atom.